The summed E-state index contributed by atoms with van der Waals surface area (Å²) in [4.78, 5) is 58.8. The molecule has 11 nitrogen and oxygen atoms in total. The summed E-state index contributed by atoms with van der Waals surface area (Å²) in [6.07, 6.45) is 0.110. The van der Waals surface area contributed by atoms with Gasteiger partial charge in [-0.25, -0.2) is 0 Å². The van der Waals surface area contributed by atoms with E-state index in [4.69, 9.17) is 16.6 Å². The minimum atomic E-state index is -1.41. The fourth-order valence-electron chi connectivity index (χ4n) is 2.03. The number of hydrogen-bond acceptors (Lipinski definition) is 7. The van der Waals surface area contributed by atoms with Crippen LogP contribution >= 0.6 is 12.6 Å². The fraction of sp³-hybridized carbons (Fsp3) is 0.688. The van der Waals surface area contributed by atoms with Crippen LogP contribution in [-0.2, 0) is 24.0 Å². The number of thiol groups is 1. The highest BCUT2D eigenvalue weighted by atomic mass is 32.1. The number of nitrogens with one attached hydrogen (secondary N) is 3. The molecule has 0 aliphatic carbocycles. The number of carboxylic acid groups (broad SMARTS) is 1. The van der Waals surface area contributed by atoms with Crippen molar-refractivity contribution in [2.24, 2.45) is 17.4 Å². The summed E-state index contributed by atoms with van der Waals surface area (Å²) in [6.45, 7) is 4.87. The van der Waals surface area contributed by atoms with Crippen molar-refractivity contribution in [1.82, 2.24) is 16.0 Å². The smallest absolute Gasteiger partial charge is 0.325 e. The Morgan fingerprint density at radius 2 is 1.46 bits per heavy atom. The molecule has 0 saturated heterocycles. The van der Waals surface area contributed by atoms with Gasteiger partial charge >= 0.3 is 5.97 Å². The highest BCUT2D eigenvalue weighted by Crippen LogP contribution is 2.06. The van der Waals surface area contributed by atoms with Crippen molar-refractivity contribution >= 4 is 42.2 Å². The van der Waals surface area contributed by atoms with Crippen molar-refractivity contribution in [2.45, 2.75) is 57.8 Å². The van der Waals surface area contributed by atoms with Gasteiger partial charge in [0.15, 0.2) is 0 Å². The molecule has 0 aliphatic heterocycles. The standard InChI is InChI=1S/C16H29N5O6S/c1-4-7(2)12(18)15(25)21-10(6-28)14(24)20-9(5-11(17)22)13(23)19-8(3)16(26)27/h7-10,12,28H,4-6,18H2,1-3H3,(H2,17,22)(H,19,23)(H,20,24)(H,21,25)(H,26,27). The number of nitrogens with two attached hydrogens (primary N) is 2. The number of amides is 4. The average molecular weight is 420 g/mol. The van der Waals surface area contributed by atoms with E-state index in [0.717, 1.165) is 0 Å². The Bertz CT molecular complexity index is 602. The van der Waals surface area contributed by atoms with Gasteiger partial charge in [-0.05, 0) is 12.8 Å². The lowest BCUT2D eigenvalue weighted by atomic mass is 9.99. The topological polar surface area (TPSA) is 194 Å². The molecule has 4 amide bonds. The van der Waals surface area contributed by atoms with E-state index in [2.05, 4.69) is 28.6 Å². The Hall–Kier alpha value is -2.34. The van der Waals surface area contributed by atoms with Crippen LogP contribution in [-0.4, -0.2) is 64.6 Å². The van der Waals surface area contributed by atoms with Crippen LogP contribution in [0.15, 0.2) is 0 Å². The lowest BCUT2D eigenvalue weighted by Crippen LogP contribution is -2.58. The molecule has 8 N–H and O–H groups in total. The molecule has 5 unspecified atom stereocenters. The van der Waals surface area contributed by atoms with Gasteiger partial charge in [-0.2, -0.15) is 12.6 Å². The molecule has 0 bridgehead atoms. The maximum absolute atomic E-state index is 12.4. The number of primary amides is 1. The summed E-state index contributed by atoms with van der Waals surface area (Å²) < 4.78 is 0. The Balaban J connectivity index is 5.15. The zero-order valence-electron chi connectivity index (χ0n) is 16.1. The largest absolute Gasteiger partial charge is 0.480 e. The molecule has 0 fully saturated rings. The number of aliphatic carboxylic acids is 1. The summed E-state index contributed by atoms with van der Waals surface area (Å²) in [5.41, 5.74) is 10.9. The van der Waals surface area contributed by atoms with Crippen LogP contribution in [0.4, 0.5) is 0 Å². The van der Waals surface area contributed by atoms with Crippen molar-refractivity contribution < 1.29 is 29.1 Å². The average Bonchev–Trinajstić information content (AvgIpc) is 2.62. The molecule has 0 spiro atoms. The molecule has 0 rings (SSSR count). The van der Waals surface area contributed by atoms with Gasteiger partial charge in [0.1, 0.15) is 18.1 Å². The molecular formula is C16H29N5O6S. The number of carboxylic acids is 1. The van der Waals surface area contributed by atoms with Gasteiger partial charge in [-0.15, -0.1) is 0 Å². The zero-order chi connectivity index (χ0) is 22.0. The second-order valence-electron chi connectivity index (χ2n) is 6.46. The third kappa shape index (κ3) is 8.57. The SMILES string of the molecule is CCC(C)C(N)C(=O)NC(CS)C(=O)NC(CC(N)=O)C(=O)NC(C)C(=O)O. The minimum Gasteiger partial charge on any atom is -0.480 e. The summed E-state index contributed by atoms with van der Waals surface area (Å²) in [5.74, 6) is -4.63. The molecule has 0 aromatic carbocycles. The fourth-order valence-corrected chi connectivity index (χ4v) is 2.29. The molecule has 12 heteroatoms. The maximum Gasteiger partial charge on any atom is 0.325 e. The molecule has 0 saturated carbocycles. The molecule has 0 aromatic rings. The Morgan fingerprint density at radius 1 is 0.964 bits per heavy atom. The van der Waals surface area contributed by atoms with Crippen molar-refractivity contribution in [3.05, 3.63) is 0 Å². The molecule has 0 radical (unpaired) electrons. The van der Waals surface area contributed by atoms with Crippen LogP contribution < -0.4 is 27.4 Å². The van der Waals surface area contributed by atoms with E-state index >= 15 is 0 Å². The first-order valence-electron chi connectivity index (χ1n) is 8.73. The van der Waals surface area contributed by atoms with Crippen molar-refractivity contribution in [1.29, 1.82) is 0 Å². The monoisotopic (exact) mass is 419 g/mol. The van der Waals surface area contributed by atoms with Crippen LogP contribution in [0.5, 0.6) is 0 Å². The van der Waals surface area contributed by atoms with Crippen molar-refractivity contribution in [2.75, 3.05) is 5.75 Å². The van der Waals surface area contributed by atoms with Gasteiger partial charge in [0.25, 0.3) is 0 Å². The lowest BCUT2D eigenvalue weighted by molar-refractivity contribution is -0.142. The molecular weight excluding hydrogens is 390 g/mol. The first-order chi connectivity index (χ1) is 12.9. The highest BCUT2D eigenvalue weighted by molar-refractivity contribution is 7.80. The summed E-state index contributed by atoms with van der Waals surface area (Å²) in [6, 6.07) is -4.60. The van der Waals surface area contributed by atoms with Gasteiger partial charge in [-0.1, -0.05) is 20.3 Å². The van der Waals surface area contributed by atoms with Gasteiger partial charge in [0, 0.05) is 5.75 Å². The minimum absolute atomic E-state index is 0.0960. The lowest BCUT2D eigenvalue weighted by Gasteiger charge is -2.24. The number of carbonyl (C=O) groups is 5. The van der Waals surface area contributed by atoms with Crippen molar-refractivity contribution in [3.8, 4) is 0 Å². The van der Waals surface area contributed by atoms with Crippen LogP contribution in [0.25, 0.3) is 0 Å². The second kappa shape index (κ2) is 12.2. The number of carbonyl (C=O) groups excluding carboxylic acids is 4. The molecule has 0 heterocycles. The predicted octanol–water partition coefficient (Wildman–Crippen LogP) is -2.28. The zero-order valence-corrected chi connectivity index (χ0v) is 17.0. The van der Waals surface area contributed by atoms with Gasteiger partial charge in [-0.3, -0.25) is 24.0 Å². The first-order valence-corrected chi connectivity index (χ1v) is 9.36. The molecule has 160 valence electrons. The van der Waals surface area contributed by atoms with E-state index in [-0.39, 0.29) is 11.7 Å². The Morgan fingerprint density at radius 3 is 1.89 bits per heavy atom. The Labute approximate surface area is 168 Å². The molecule has 0 aromatic heterocycles. The van der Waals surface area contributed by atoms with E-state index in [9.17, 15) is 24.0 Å². The Kier molecular flexibility index (Phi) is 11.2. The molecule has 5 atom stereocenters. The van der Waals surface area contributed by atoms with Crippen molar-refractivity contribution in [3.63, 3.8) is 0 Å². The highest BCUT2D eigenvalue weighted by Gasteiger charge is 2.30. The third-order valence-electron chi connectivity index (χ3n) is 4.14. The predicted molar refractivity (Wildman–Crippen MR) is 104 cm³/mol. The second-order valence-corrected chi connectivity index (χ2v) is 6.82. The first kappa shape index (κ1) is 25.7. The summed E-state index contributed by atoms with van der Waals surface area (Å²) >= 11 is 4.01. The van der Waals surface area contributed by atoms with E-state index in [1.54, 1.807) is 6.92 Å². The summed E-state index contributed by atoms with van der Waals surface area (Å²) in [7, 11) is 0. The van der Waals surface area contributed by atoms with E-state index in [0.29, 0.717) is 6.42 Å². The molecule has 0 aliphatic rings. The van der Waals surface area contributed by atoms with Crippen LogP contribution in [0.1, 0.15) is 33.6 Å². The van der Waals surface area contributed by atoms with Crippen LogP contribution in [0.2, 0.25) is 0 Å². The van der Waals surface area contributed by atoms with Gasteiger partial charge in [0.05, 0.1) is 12.5 Å². The van der Waals surface area contributed by atoms with E-state index < -0.39 is 60.2 Å². The quantitative estimate of drug-likeness (QED) is 0.173. The normalized spacial score (nSPS) is 16.0. The van der Waals surface area contributed by atoms with Gasteiger partial charge < -0.3 is 32.5 Å². The van der Waals surface area contributed by atoms with Gasteiger partial charge in [0.2, 0.25) is 23.6 Å². The molecule has 28 heavy (non-hydrogen) atoms. The van der Waals surface area contributed by atoms with E-state index in [1.165, 1.54) is 6.92 Å². The third-order valence-corrected chi connectivity index (χ3v) is 4.51. The van der Waals surface area contributed by atoms with E-state index in [1.807, 2.05) is 6.92 Å². The van der Waals surface area contributed by atoms with Crippen LogP contribution in [0, 0.1) is 5.92 Å². The number of rotatable bonds is 12. The summed E-state index contributed by atoms with van der Waals surface area (Å²) in [5, 5.41) is 15.7. The van der Waals surface area contributed by atoms with Crippen LogP contribution in [0.3, 0.4) is 0 Å². The maximum atomic E-state index is 12.4. The number of hydrogen-bond donors (Lipinski definition) is 7.